The van der Waals surface area contributed by atoms with Crippen molar-refractivity contribution >= 4 is 11.6 Å². The van der Waals surface area contributed by atoms with Crippen molar-refractivity contribution in [2.24, 2.45) is 0 Å². The van der Waals surface area contributed by atoms with E-state index in [0.29, 0.717) is 32.2 Å². The molecule has 0 saturated carbocycles. The molecule has 2 saturated heterocycles. The molecule has 4 rings (SSSR count). The van der Waals surface area contributed by atoms with Gasteiger partial charge in [-0.25, -0.2) is 0 Å². The van der Waals surface area contributed by atoms with Gasteiger partial charge in [-0.15, -0.1) is 10.2 Å². The first kappa shape index (κ1) is 18.8. The first-order valence-electron chi connectivity index (χ1n) is 9.45. The number of morpholine rings is 1. The molecule has 1 aromatic heterocycles. The van der Waals surface area contributed by atoms with Crippen molar-refractivity contribution < 1.29 is 19.0 Å². The summed E-state index contributed by atoms with van der Waals surface area (Å²) in [4.78, 5) is 15.6. The van der Waals surface area contributed by atoms with E-state index in [1.54, 1.807) is 0 Å². The summed E-state index contributed by atoms with van der Waals surface area (Å²) in [5.41, 5.74) is 2.00. The molecule has 2 aliphatic rings. The van der Waals surface area contributed by atoms with Crippen LogP contribution in [0.15, 0.2) is 24.3 Å². The summed E-state index contributed by atoms with van der Waals surface area (Å²) in [6.07, 6.45) is -0.109. The van der Waals surface area contributed by atoms with E-state index in [4.69, 9.17) is 14.2 Å². The minimum atomic E-state index is -0.194. The summed E-state index contributed by atoms with van der Waals surface area (Å²) in [5, 5.41) is 15.1. The van der Waals surface area contributed by atoms with E-state index in [1.165, 1.54) is 4.80 Å². The van der Waals surface area contributed by atoms with Crippen LogP contribution in [0.5, 0.6) is 0 Å². The summed E-state index contributed by atoms with van der Waals surface area (Å²) in [7, 11) is 0. The van der Waals surface area contributed by atoms with E-state index in [-0.39, 0.29) is 18.6 Å². The maximum atomic E-state index is 12.1. The number of benzene rings is 1. The van der Waals surface area contributed by atoms with Crippen LogP contribution in [-0.2, 0) is 25.5 Å². The molecule has 1 aromatic carbocycles. The lowest BCUT2D eigenvalue weighted by molar-refractivity contribution is -0.124. The van der Waals surface area contributed by atoms with Crippen LogP contribution < -0.4 is 10.2 Å². The SMILES string of the molecule is O=C(Cn1nnc(-c2ccc(N3CCOCC3)cc2)n1)NCC1COCCO1. The van der Waals surface area contributed by atoms with E-state index >= 15 is 0 Å². The molecule has 1 N–H and O–H groups in total. The molecule has 28 heavy (non-hydrogen) atoms. The number of ether oxygens (including phenoxy) is 3. The Kier molecular flexibility index (Phi) is 6.10. The van der Waals surface area contributed by atoms with Crippen LogP contribution in [-0.4, -0.2) is 84.9 Å². The first-order chi connectivity index (χ1) is 13.8. The largest absolute Gasteiger partial charge is 0.378 e. The Labute approximate surface area is 162 Å². The second-order valence-corrected chi connectivity index (χ2v) is 6.66. The van der Waals surface area contributed by atoms with Gasteiger partial charge in [0.25, 0.3) is 0 Å². The van der Waals surface area contributed by atoms with Gasteiger partial charge in [-0.05, 0) is 29.5 Å². The fraction of sp³-hybridized carbons (Fsp3) is 0.556. The molecule has 0 radical (unpaired) electrons. The second-order valence-electron chi connectivity index (χ2n) is 6.66. The maximum absolute atomic E-state index is 12.1. The van der Waals surface area contributed by atoms with E-state index in [9.17, 15) is 4.79 Å². The van der Waals surface area contributed by atoms with Gasteiger partial charge in [-0.1, -0.05) is 0 Å². The van der Waals surface area contributed by atoms with Gasteiger partial charge < -0.3 is 24.4 Å². The van der Waals surface area contributed by atoms with Crippen LogP contribution in [0, 0.1) is 0 Å². The van der Waals surface area contributed by atoms with Crippen LogP contribution in [0.4, 0.5) is 5.69 Å². The van der Waals surface area contributed by atoms with Crippen molar-refractivity contribution in [3.05, 3.63) is 24.3 Å². The molecular weight excluding hydrogens is 364 g/mol. The summed E-state index contributed by atoms with van der Waals surface area (Å²) in [5.74, 6) is 0.297. The van der Waals surface area contributed by atoms with Crippen molar-refractivity contribution in [3.63, 3.8) is 0 Å². The predicted octanol–water partition coefficient (Wildman–Crippen LogP) is -0.292. The number of hydrogen-bond acceptors (Lipinski definition) is 8. The fourth-order valence-corrected chi connectivity index (χ4v) is 3.14. The number of carbonyl (C=O) groups excluding carboxylic acids is 1. The zero-order valence-corrected chi connectivity index (χ0v) is 15.6. The summed E-state index contributed by atoms with van der Waals surface area (Å²) < 4.78 is 16.2. The van der Waals surface area contributed by atoms with Crippen molar-refractivity contribution in [2.45, 2.75) is 12.6 Å². The van der Waals surface area contributed by atoms with Gasteiger partial charge in [0.05, 0.1) is 39.1 Å². The summed E-state index contributed by atoms with van der Waals surface area (Å²) in [6.45, 7) is 5.34. The van der Waals surface area contributed by atoms with E-state index in [0.717, 1.165) is 37.6 Å². The van der Waals surface area contributed by atoms with Crippen LogP contribution in [0.1, 0.15) is 0 Å². The number of anilines is 1. The topological polar surface area (TPSA) is 104 Å². The number of tetrazole rings is 1. The number of nitrogens with zero attached hydrogens (tertiary/aromatic N) is 5. The number of amides is 1. The van der Waals surface area contributed by atoms with E-state index < -0.39 is 0 Å². The summed E-state index contributed by atoms with van der Waals surface area (Å²) >= 11 is 0. The van der Waals surface area contributed by atoms with Crippen molar-refractivity contribution in [1.29, 1.82) is 0 Å². The molecule has 150 valence electrons. The highest BCUT2D eigenvalue weighted by Gasteiger charge is 2.16. The second kappa shape index (κ2) is 9.09. The fourth-order valence-electron chi connectivity index (χ4n) is 3.14. The normalized spacial score (nSPS) is 20.1. The molecule has 2 aliphatic heterocycles. The zero-order valence-electron chi connectivity index (χ0n) is 15.6. The molecule has 0 aliphatic carbocycles. The van der Waals surface area contributed by atoms with Crippen molar-refractivity contribution in [3.8, 4) is 11.4 Å². The number of hydrogen-bond donors (Lipinski definition) is 1. The third-order valence-corrected chi connectivity index (χ3v) is 4.65. The average molecular weight is 388 g/mol. The Morgan fingerprint density at radius 2 is 1.93 bits per heavy atom. The van der Waals surface area contributed by atoms with Crippen LogP contribution in [0.25, 0.3) is 11.4 Å². The molecule has 1 atom stereocenters. The molecule has 3 heterocycles. The average Bonchev–Trinajstić information content (AvgIpc) is 3.22. The monoisotopic (exact) mass is 388 g/mol. The minimum absolute atomic E-state index is 0.00639. The predicted molar refractivity (Wildman–Crippen MR) is 99.9 cm³/mol. The van der Waals surface area contributed by atoms with Gasteiger partial charge in [0.2, 0.25) is 11.7 Å². The Bertz CT molecular complexity index is 769. The Morgan fingerprint density at radius 1 is 1.11 bits per heavy atom. The highest BCUT2D eigenvalue weighted by Crippen LogP contribution is 2.21. The molecule has 2 aromatic rings. The lowest BCUT2D eigenvalue weighted by atomic mass is 10.2. The van der Waals surface area contributed by atoms with E-state index in [2.05, 4.69) is 25.6 Å². The molecule has 1 amide bonds. The third kappa shape index (κ3) is 4.83. The maximum Gasteiger partial charge on any atom is 0.243 e. The molecule has 0 spiro atoms. The molecule has 2 fully saturated rings. The van der Waals surface area contributed by atoms with Gasteiger partial charge in [0.1, 0.15) is 6.54 Å². The van der Waals surface area contributed by atoms with Crippen LogP contribution in [0.2, 0.25) is 0 Å². The Morgan fingerprint density at radius 3 is 2.68 bits per heavy atom. The van der Waals surface area contributed by atoms with E-state index in [1.807, 2.05) is 24.3 Å². The zero-order chi connectivity index (χ0) is 19.2. The molecule has 10 heteroatoms. The van der Waals surface area contributed by atoms with Gasteiger partial charge >= 0.3 is 0 Å². The number of rotatable bonds is 6. The lowest BCUT2D eigenvalue weighted by Crippen LogP contribution is -2.40. The van der Waals surface area contributed by atoms with Gasteiger partial charge in [-0.3, -0.25) is 4.79 Å². The standard InChI is InChI=1S/C18H24N6O4/c25-17(19-11-16-13-27-9-10-28-16)12-24-21-18(20-22-24)14-1-3-15(4-2-14)23-5-7-26-8-6-23/h1-4,16H,5-13H2,(H,19,25). The minimum Gasteiger partial charge on any atom is -0.378 e. The molecular formula is C18H24N6O4. The first-order valence-corrected chi connectivity index (χ1v) is 9.45. The third-order valence-electron chi connectivity index (χ3n) is 4.65. The lowest BCUT2D eigenvalue weighted by Gasteiger charge is -2.28. The van der Waals surface area contributed by atoms with Crippen molar-refractivity contribution in [1.82, 2.24) is 25.5 Å². The molecule has 0 bridgehead atoms. The highest BCUT2D eigenvalue weighted by atomic mass is 16.6. The van der Waals surface area contributed by atoms with Crippen molar-refractivity contribution in [2.75, 3.05) is 57.6 Å². The molecule has 10 nitrogen and oxygen atoms in total. The number of aromatic nitrogens is 4. The Hall–Kier alpha value is -2.56. The number of nitrogens with one attached hydrogen (secondary N) is 1. The van der Waals surface area contributed by atoms with Gasteiger partial charge in [-0.2, -0.15) is 4.80 Å². The highest BCUT2D eigenvalue weighted by molar-refractivity contribution is 5.75. The molecule has 1 unspecified atom stereocenters. The smallest absolute Gasteiger partial charge is 0.243 e. The van der Waals surface area contributed by atoms with Crippen LogP contribution in [0.3, 0.4) is 0 Å². The van der Waals surface area contributed by atoms with Gasteiger partial charge in [0.15, 0.2) is 0 Å². The summed E-state index contributed by atoms with van der Waals surface area (Å²) in [6, 6.07) is 8.01. The number of carbonyl (C=O) groups is 1. The van der Waals surface area contributed by atoms with Crippen LogP contribution >= 0.6 is 0 Å². The van der Waals surface area contributed by atoms with Gasteiger partial charge in [0, 0.05) is 30.9 Å². The quantitative estimate of drug-likeness (QED) is 0.720. The Balaban J connectivity index is 1.30.